The number of nitrogens with zero attached hydrogens (tertiary/aromatic N) is 2. The zero-order chi connectivity index (χ0) is 17.6. The van der Waals surface area contributed by atoms with Crippen LogP contribution >= 0.6 is 0 Å². The summed E-state index contributed by atoms with van der Waals surface area (Å²) in [6.45, 7) is 2.83. The number of benzene rings is 1. The molecule has 1 aromatic rings. The van der Waals surface area contributed by atoms with Gasteiger partial charge in [-0.15, -0.1) is 0 Å². The summed E-state index contributed by atoms with van der Waals surface area (Å²) in [5, 5.41) is 0. The summed E-state index contributed by atoms with van der Waals surface area (Å²) in [5.74, 6) is 0.145. The van der Waals surface area contributed by atoms with Crippen LogP contribution in [0.15, 0.2) is 30.3 Å². The molecule has 0 N–H and O–H groups in total. The third-order valence-electron chi connectivity index (χ3n) is 5.02. The van der Waals surface area contributed by atoms with Crippen LogP contribution in [0, 0.1) is 5.82 Å². The lowest BCUT2D eigenvalue weighted by atomic mass is 9.99. The van der Waals surface area contributed by atoms with Gasteiger partial charge in [-0.05, 0) is 49.0 Å². The lowest BCUT2D eigenvalue weighted by Crippen LogP contribution is -2.37. The van der Waals surface area contributed by atoms with Crippen molar-refractivity contribution in [3.63, 3.8) is 0 Å². The van der Waals surface area contributed by atoms with Crippen LogP contribution in [0.3, 0.4) is 0 Å². The molecule has 0 spiro atoms. The molecule has 3 rings (SSSR count). The molecule has 0 saturated carbocycles. The topological polar surface area (TPSA) is 40.6 Å². The SMILES string of the molecule is O=C(CCCN1CCCCC1=O)N1CC=C(c2ccc(F)cc2)CC1. The van der Waals surface area contributed by atoms with Gasteiger partial charge in [-0.25, -0.2) is 4.39 Å². The molecule has 0 atom stereocenters. The van der Waals surface area contributed by atoms with Crippen LogP contribution < -0.4 is 0 Å². The highest BCUT2D eigenvalue weighted by atomic mass is 19.1. The molecule has 0 bridgehead atoms. The summed E-state index contributed by atoms with van der Waals surface area (Å²) in [4.78, 5) is 27.9. The predicted octanol–water partition coefficient (Wildman–Crippen LogP) is 3.23. The maximum Gasteiger partial charge on any atom is 0.222 e. The highest BCUT2D eigenvalue weighted by Crippen LogP contribution is 2.23. The number of piperidine rings is 1. The second-order valence-corrected chi connectivity index (χ2v) is 6.77. The Morgan fingerprint density at radius 3 is 2.56 bits per heavy atom. The minimum absolute atomic E-state index is 0.152. The van der Waals surface area contributed by atoms with E-state index in [4.69, 9.17) is 0 Å². The standard InChI is InChI=1S/C20H25FN2O2/c21-18-8-6-16(7-9-18)17-10-14-23(15-11-17)20(25)5-3-13-22-12-2-1-4-19(22)24/h6-10H,1-5,11-15H2. The zero-order valence-electron chi connectivity index (χ0n) is 14.5. The summed E-state index contributed by atoms with van der Waals surface area (Å²) in [5.41, 5.74) is 2.19. The van der Waals surface area contributed by atoms with Crippen molar-refractivity contribution in [2.45, 2.75) is 38.5 Å². The van der Waals surface area contributed by atoms with Crippen molar-refractivity contribution in [1.29, 1.82) is 0 Å². The molecule has 2 aliphatic rings. The van der Waals surface area contributed by atoms with Gasteiger partial charge in [0.1, 0.15) is 5.82 Å². The minimum Gasteiger partial charge on any atom is -0.343 e. The Labute approximate surface area is 148 Å². The molecule has 0 aromatic heterocycles. The molecule has 1 saturated heterocycles. The van der Waals surface area contributed by atoms with Crippen molar-refractivity contribution in [3.8, 4) is 0 Å². The Hall–Kier alpha value is -2.17. The van der Waals surface area contributed by atoms with Gasteiger partial charge in [-0.1, -0.05) is 18.2 Å². The first kappa shape index (κ1) is 17.6. The Kier molecular flexibility index (Phi) is 5.84. The molecule has 4 nitrogen and oxygen atoms in total. The van der Waals surface area contributed by atoms with E-state index in [9.17, 15) is 14.0 Å². The molecule has 25 heavy (non-hydrogen) atoms. The number of likely N-dealkylation sites (tertiary alicyclic amines) is 1. The molecule has 5 heteroatoms. The Balaban J connectivity index is 1.44. The van der Waals surface area contributed by atoms with E-state index >= 15 is 0 Å². The van der Waals surface area contributed by atoms with Crippen LogP contribution in [0.25, 0.3) is 5.57 Å². The fourth-order valence-electron chi connectivity index (χ4n) is 3.50. The number of hydrogen-bond acceptors (Lipinski definition) is 2. The van der Waals surface area contributed by atoms with Gasteiger partial charge >= 0.3 is 0 Å². The normalized spacial score (nSPS) is 18.3. The van der Waals surface area contributed by atoms with Crippen molar-refractivity contribution in [1.82, 2.24) is 9.80 Å². The van der Waals surface area contributed by atoms with Gasteiger partial charge in [0.05, 0.1) is 0 Å². The van der Waals surface area contributed by atoms with Gasteiger partial charge in [0, 0.05) is 39.0 Å². The van der Waals surface area contributed by atoms with Gasteiger partial charge in [0.2, 0.25) is 11.8 Å². The minimum atomic E-state index is -0.232. The summed E-state index contributed by atoms with van der Waals surface area (Å²) >= 11 is 0. The fourth-order valence-corrected chi connectivity index (χ4v) is 3.50. The van der Waals surface area contributed by atoms with Crippen molar-refractivity contribution in [2.75, 3.05) is 26.2 Å². The molecule has 0 aliphatic carbocycles. The number of carbonyl (C=O) groups is 2. The van der Waals surface area contributed by atoms with Crippen LogP contribution in [-0.2, 0) is 9.59 Å². The summed E-state index contributed by atoms with van der Waals surface area (Å²) < 4.78 is 13.0. The van der Waals surface area contributed by atoms with Crippen molar-refractivity contribution in [2.24, 2.45) is 0 Å². The highest BCUT2D eigenvalue weighted by molar-refractivity contribution is 5.79. The van der Waals surface area contributed by atoms with Crippen molar-refractivity contribution in [3.05, 3.63) is 41.7 Å². The van der Waals surface area contributed by atoms with E-state index in [1.165, 1.54) is 17.7 Å². The fraction of sp³-hybridized carbons (Fsp3) is 0.500. The monoisotopic (exact) mass is 344 g/mol. The summed E-state index contributed by atoms with van der Waals surface area (Å²) in [6, 6.07) is 6.51. The first-order valence-electron chi connectivity index (χ1n) is 9.14. The molecule has 134 valence electrons. The maximum atomic E-state index is 13.0. The number of amides is 2. The van der Waals surface area contributed by atoms with Crippen LogP contribution in [0.4, 0.5) is 4.39 Å². The molecular weight excluding hydrogens is 319 g/mol. The Morgan fingerprint density at radius 1 is 1.08 bits per heavy atom. The average molecular weight is 344 g/mol. The first-order chi connectivity index (χ1) is 12.1. The summed E-state index contributed by atoms with van der Waals surface area (Å²) in [6.07, 6.45) is 6.79. The second-order valence-electron chi connectivity index (χ2n) is 6.77. The van der Waals surface area contributed by atoms with Crippen LogP contribution in [0.1, 0.15) is 44.1 Å². The van der Waals surface area contributed by atoms with E-state index in [2.05, 4.69) is 6.08 Å². The van der Waals surface area contributed by atoms with Gasteiger partial charge < -0.3 is 9.80 Å². The van der Waals surface area contributed by atoms with Crippen LogP contribution in [0.2, 0.25) is 0 Å². The number of rotatable bonds is 5. The molecule has 1 fully saturated rings. The molecular formula is C20H25FN2O2. The van der Waals surface area contributed by atoms with Crippen molar-refractivity contribution >= 4 is 17.4 Å². The molecule has 0 radical (unpaired) electrons. The smallest absolute Gasteiger partial charge is 0.222 e. The van der Waals surface area contributed by atoms with E-state index in [0.29, 0.717) is 32.5 Å². The Morgan fingerprint density at radius 2 is 1.88 bits per heavy atom. The van der Waals surface area contributed by atoms with Gasteiger partial charge in [-0.2, -0.15) is 0 Å². The number of carbonyl (C=O) groups excluding carboxylic acids is 2. The molecule has 2 heterocycles. The maximum absolute atomic E-state index is 13.0. The summed E-state index contributed by atoms with van der Waals surface area (Å²) in [7, 11) is 0. The number of halogens is 1. The van der Waals surface area contributed by atoms with Gasteiger partial charge in [0.15, 0.2) is 0 Å². The lowest BCUT2D eigenvalue weighted by Gasteiger charge is -2.28. The van der Waals surface area contributed by atoms with Crippen LogP contribution in [0.5, 0.6) is 0 Å². The highest BCUT2D eigenvalue weighted by Gasteiger charge is 2.20. The first-order valence-corrected chi connectivity index (χ1v) is 9.14. The van der Waals surface area contributed by atoms with Crippen LogP contribution in [-0.4, -0.2) is 47.8 Å². The third kappa shape index (κ3) is 4.68. The zero-order valence-corrected chi connectivity index (χ0v) is 14.5. The van der Waals surface area contributed by atoms with E-state index in [1.54, 1.807) is 12.1 Å². The second kappa shape index (κ2) is 8.28. The molecule has 2 amide bonds. The lowest BCUT2D eigenvalue weighted by molar-refractivity contribution is -0.135. The van der Waals surface area contributed by atoms with Crippen molar-refractivity contribution < 1.29 is 14.0 Å². The number of hydrogen-bond donors (Lipinski definition) is 0. The van der Waals surface area contributed by atoms with Gasteiger partial charge in [0.25, 0.3) is 0 Å². The molecule has 2 aliphatic heterocycles. The predicted molar refractivity (Wildman–Crippen MR) is 95.2 cm³/mol. The van der Waals surface area contributed by atoms with E-state index in [0.717, 1.165) is 37.8 Å². The molecule has 0 unspecified atom stereocenters. The van der Waals surface area contributed by atoms with Gasteiger partial charge in [-0.3, -0.25) is 9.59 Å². The third-order valence-corrected chi connectivity index (χ3v) is 5.02. The Bertz CT molecular complexity index is 654. The largest absolute Gasteiger partial charge is 0.343 e. The van der Waals surface area contributed by atoms with E-state index < -0.39 is 0 Å². The molecule has 1 aromatic carbocycles. The average Bonchev–Trinajstić information content (AvgIpc) is 2.64. The van der Waals surface area contributed by atoms with E-state index in [-0.39, 0.29) is 17.6 Å². The quantitative estimate of drug-likeness (QED) is 0.823. The van der Waals surface area contributed by atoms with E-state index in [1.807, 2.05) is 9.80 Å².